The van der Waals surface area contributed by atoms with Gasteiger partial charge in [-0.15, -0.1) is 0 Å². The third-order valence-electron chi connectivity index (χ3n) is 7.45. The molecule has 2 aliphatic heterocycles. The quantitative estimate of drug-likeness (QED) is 0.237. The van der Waals surface area contributed by atoms with Gasteiger partial charge in [-0.3, -0.25) is 5.41 Å². The molecule has 4 heterocycles. The van der Waals surface area contributed by atoms with Gasteiger partial charge >= 0.3 is 0 Å². The molecule has 0 radical (unpaired) electrons. The van der Waals surface area contributed by atoms with E-state index < -0.39 is 6.10 Å². The normalized spacial score (nSPS) is 15.6. The second-order valence-corrected chi connectivity index (χ2v) is 11.2. The van der Waals surface area contributed by atoms with Crippen molar-refractivity contribution in [3.63, 3.8) is 0 Å². The number of halogens is 2. The number of rotatable bonds is 11. The molecule has 0 amide bonds. The molecule has 3 aromatic rings. The molecule has 0 saturated carbocycles. The van der Waals surface area contributed by atoms with Crippen LogP contribution in [0.3, 0.4) is 0 Å². The number of anilines is 2. The first-order valence-corrected chi connectivity index (χ1v) is 14.6. The molecule has 1 atom stereocenters. The second-order valence-electron chi connectivity index (χ2n) is 10.4. The van der Waals surface area contributed by atoms with Crippen molar-refractivity contribution in [1.82, 2.24) is 30.6 Å². The average Bonchev–Trinajstić information content (AvgIpc) is 3.36. The van der Waals surface area contributed by atoms with Gasteiger partial charge in [-0.05, 0) is 45.5 Å². The first-order chi connectivity index (χ1) is 20.2. The lowest BCUT2D eigenvalue weighted by Gasteiger charge is -2.30. The Labute approximate surface area is 255 Å². The zero-order valence-corrected chi connectivity index (χ0v) is 25.6. The predicted octanol–water partition coefficient (Wildman–Crippen LogP) is 3.75. The standard InChI is InChI=1S/C29H35Cl2N9O2/c1-16(26(31)32)24(34-4)25-17(2)28(40-13-18-11-35-29(36-23(18)14-40)39-8-5-9-39)38-27(37-25)21-10-20(6-7-22(21)30)42-15-19(41)12-33-3/h6-7,10-11,19,32-34,41H,5,8-9,12-15H2,1-4H3/b24-16-,32-26?/t19-/m1/s1. The van der Waals surface area contributed by atoms with Crippen LogP contribution < -0.4 is 25.2 Å². The minimum atomic E-state index is -0.665. The number of ether oxygens (including phenoxy) is 1. The second kappa shape index (κ2) is 12.8. The molecule has 4 N–H and O–H groups in total. The fourth-order valence-electron chi connectivity index (χ4n) is 4.98. The van der Waals surface area contributed by atoms with Gasteiger partial charge in [0.25, 0.3) is 0 Å². The Morgan fingerprint density at radius 3 is 2.62 bits per heavy atom. The van der Waals surface area contributed by atoms with Crippen LogP contribution in [0.5, 0.6) is 5.75 Å². The van der Waals surface area contributed by atoms with E-state index in [0.717, 1.165) is 42.3 Å². The Morgan fingerprint density at radius 2 is 1.95 bits per heavy atom. The van der Waals surface area contributed by atoms with Crippen molar-refractivity contribution < 1.29 is 9.84 Å². The lowest BCUT2D eigenvalue weighted by Crippen LogP contribution is -2.38. The first kappa shape index (κ1) is 30.0. The lowest BCUT2D eigenvalue weighted by molar-refractivity contribution is 0.108. The summed E-state index contributed by atoms with van der Waals surface area (Å²) in [4.78, 5) is 23.7. The van der Waals surface area contributed by atoms with Crippen molar-refractivity contribution >= 4 is 45.8 Å². The third kappa shape index (κ3) is 6.14. The fourth-order valence-corrected chi connectivity index (χ4v) is 5.28. The molecule has 222 valence electrons. The summed E-state index contributed by atoms with van der Waals surface area (Å²) in [5.41, 5.74) is 5.20. The van der Waals surface area contributed by atoms with Gasteiger partial charge in [0.2, 0.25) is 5.95 Å². The van der Waals surface area contributed by atoms with Crippen LogP contribution in [0.2, 0.25) is 5.02 Å². The summed E-state index contributed by atoms with van der Waals surface area (Å²) < 4.78 is 5.85. The number of hydrogen-bond acceptors (Lipinski definition) is 11. The van der Waals surface area contributed by atoms with Crippen molar-refractivity contribution in [3.05, 3.63) is 57.5 Å². The molecule has 11 nitrogen and oxygen atoms in total. The van der Waals surface area contributed by atoms with Gasteiger partial charge in [-0.1, -0.05) is 23.2 Å². The highest BCUT2D eigenvalue weighted by Crippen LogP contribution is 2.36. The lowest BCUT2D eigenvalue weighted by atomic mass is 10.1. The van der Waals surface area contributed by atoms with Crippen LogP contribution >= 0.6 is 23.2 Å². The zero-order valence-electron chi connectivity index (χ0n) is 24.1. The Kier molecular flexibility index (Phi) is 9.12. The summed E-state index contributed by atoms with van der Waals surface area (Å²) >= 11 is 12.8. The summed E-state index contributed by atoms with van der Waals surface area (Å²) in [6, 6.07) is 5.25. The largest absolute Gasteiger partial charge is 0.491 e. The molecule has 2 aromatic heterocycles. The monoisotopic (exact) mass is 611 g/mol. The number of aliphatic hydroxyl groups is 1. The molecular formula is C29H35Cl2N9O2. The number of aliphatic hydroxyl groups excluding tert-OH is 1. The van der Waals surface area contributed by atoms with E-state index in [1.807, 2.05) is 13.1 Å². The maximum atomic E-state index is 10.1. The van der Waals surface area contributed by atoms with Crippen LogP contribution in [-0.4, -0.2) is 76.7 Å². The molecule has 42 heavy (non-hydrogen) atoms. The molecule has 1 saturated heterocycles. The summed E-state index contributed by atoms with van der Waals surface area (Å²) in [5.74, 6) is 2.40. The highest BCUT2D eigenvalue weighted by atomic mass is 35.5. The van der Waals surface area contributed by atoms with Crippen molar-refractivity contribution in [2.24, 2.45) is 0 Å². The molecular weight excluding hydrogens is 577 g/mol. The minimum absolute atomic E-state index is 0.0867. The molecule has 0 aliphatic carbocycles. The van der Waals surface area contributed by atoms with Crippen molar-refractivity contribution in [3.8, 4) is 17.1 Å². The van der Waals surface area contributed by atoms with E-state index in [-0.39, 0.29) is 11.8 Å². The molecule has 1 fully saturated rings. The molecule has 1 aromatic carbocycles. The van der Waals surface area contributed by atoms with Crippen LogP contribution in [0.1, 0.15) is 35.9 Å². The summed E-state index contributed by atoms with van der Waals surface area (Å²) in [6.45, 7) is 7.38. The number of aromatic nitrogens is 4. The van der Waals surface area contributed by atoms with Crippen LogP contribution in [0, 0.1) is 12.3 Å². The molecule has 2 aliphatic rings. The van der Waals surface area contributed by atoms with Crippen molar-refractivity contribution in [2.75, 3.05) is 50.1 Å². The Hall–Kier alpha value is -3.51. The van der Waals surface area contributed by atoms with Crippen molar-refractivity contribution in [1.29, 1.82) is 5.41 Å². The average molecular weight is 613 g/mol. The predicted molar refractivity (Wildman–Crippen MR) is 167 cm³/mol. The maximum absolute atomic E-state index is 10.1. The molecule has 0 bridgehead atoms. The Balaban J connectivity index is 1.57. The van der Waals surface area contributed by atoms with Gasteiger partial charge in [0.15, 0.2) is 5.82 Å². The van der Waals surface area contributed by atoms with E-state index in [1.165, 1.54) is 0 Å². The third-order valence-corrected chi connectivity index (χ3v) is 8.07. The van der Waals surface area contributed by atoms with E-state index >= 15 is 0 Å². The van der Waals surface area contributed by atoms with Gasteiger partial charge in [0, 0.05) is 61.7 Å². The van der Waals surface area contributed by atoms with E-state index in [9.17, 15) is 5.11 Å². The fraction of sp³-hybridized carbons (Fsp3) is 0.414. The topological polar surface area (TPSA) is 135 Å². The summed E-state index contributed by atoms with van der Waals surface area (Å²) in [5, 5.41) is 24.6. The number of likely N-dealkylation sites (N-methyl/N-ethyl adjacent to an activating group) is 1. The van der Waals surface area contributed by atoms with E-state index in [4.69, 9.17) is 48.3 Å². The van der Waals surface area contributed by atoms with Crippen LogP contribution in [0.15, 0.2) is 30.0 Å². The van der Waals surface area contributed by atoms with E-state index in [1.54, 1.807) is 39.2 Å². The molecule has 5 rings (SSSR count). The van der Waals surface area contributed by atoms with E-state index in [0.29, 0.717) is 64.6 Å². The first-order valence-electron chi connectivity index (χ1n) is 13.8. The number of hydrogen-bond donors (Lipinski definition) is 4. The smallest absolute Gasteiger partial charge is 0.225 e. The number of nitrogens with one attached hydrogen (secondary N) is 3. The molecule has 0 spiro atoms. The van der Waals surface area contributed by atoms with Crippen LogP contribution in [0.4, 0.5) is 11.8 Å². The van der Waals surface area contributed by atoms with Gasteiger partial charge < -0.3 is 30.3 Å². The zero-order chi connectivity index (χ0) is 30.0. The Bertz CT molecular complexity index is 1530. The van der Waals surface area contributed by atoms with E-state index in [2.05, 4.69) is 25.4 Å². The van der Waals surface area contributed by atoms with Gasteiger partial charge in [-0.2, -0.15) is 0 Å². The van der Waals surface area contributed by atoms with Crippen LogP contribution in [0.25, 0.3) is 17.1 Å². The molecule has 13 heteroatoms. The van der Waals surface area contributed by atoms with Crippen molar-refractivity contribution in [2.45, 2.75) is 39.5 Å². The van der Waals surface area contributed by atoms with Gasteiger partial charge in [0.05, 0.1) is 28.7 Å². The Morgan fingerprint density at radius 1 is 1.17 bits per heavy atom. The highest BCUT2D eigenvalue weighted by Gasteiger charge is 2.29. The summed E-state index contributed by atoms with van der Waals surface area (Å²) in [7, 11) is 3.54. The van der Waals surface area contributed by atoms with Gasteiger partial charge in [-0.25, -0.2) is 19.9 Å². The highest BCUT2D eigenvalue weighted by molar-refractivity contribution is 6.69. The SMILES string of the molecule is CNC[C@@H](O)COc1ccc(Cl)c(-c2nc(/C(NC)=C(\C)C(=N)Cl)c(C)c(N3Cc4cnc(N5CCC5)nc4C3)n2)c1. The van der Waals surface area contributed by atoms with Crippen LogP contribution in [-0.2, 0) is 13.1 Å². The number of nitrogens with zero attached hydrogens (tertiary/aromatic N) is 6. The number of fused-ring (bicyclic) bond motifs is 1. The maximum Gasteiger partial charge on any atom is 0.225 e. The number of benzene rings is 1. The summed E-state index contributed by atoms with van der Waals surface area (Å²) in [6.07, 6.45) is 2.40. The van der Waals surface area contributed by atoms with Gasteiger partial charge in [0.1, 0.15) is 29.4 Å². The number of allylic oxidation sites excluding steroid dienone is 1. The minimum Gasteiger partial charge on any atom is -0.491 e. The molecule has 0 unspecified atom stereocenters.